The van der Waals surface area contributed by atoms with Gasteiger partial charge in [-0.05, 0) is 48.4 Å². The van der Waals surface area contributed by atoms with Crippen LogP contribution in [0.2, 0.25) is 5.02 Å². The topological polar surface area (TPSA) is 44.1 Å². The smallest absolute Gasteiger partial charge is 0.435 e. The Bertz CT molecular complexity index is 1280. The van der Waals surface area contributed by atoms with Crippen molar-refractivity contribution < 1.29 is 22.7 Å². The first-order chi connectivity index (χ1) is 15.7. The molecule has 33 heavy (non-hydrogen) atoms. The maximum atomic E-state index is 13.3. The predicted molar refractivity (Wildman–Crippen MR) is 120 cm³/mol. The molecule has 0 N–H and O–H groups in total. The van der Waals surface area contributed by atoms with Gasteiger partial charge in [0.25, 0.3) is 0 Å². The number of hydrogen-bond acceptors (Lipinski definition) is 3. The van der Waals surface area contributed by atoms with Crippen molar-refractivity contribution in [2.45, 2.75) is 19.7 Å². The highest BCUT2D eigenvalue weighted by Gasteiger charge is 2.35. The van der Waals surface area contributed by atoms with Crippen molar-refractivity contribution in [2.75, 3.05) is 0 Å². The van der Waals surface area contributed by atoms with Gasteiger partial charge in [-0.3, -0.25) is 4.79 Å². The zero-order valence-electron chi connectivity index (χ0n) is 17.4. The number of alkyl halides is 3. The van der Waals surface area contributed by atoms with Gasteiger partial charge in [0.05, 0.1) is 16.4 Å². The second-order valence-corrected chi connectivity index (χ2v) is 7.74. The van der Waals surface area contributed by atoms with Gasteiger partial charge in [-0.25, -0.2) is 4.68 Å². The number of Topliss-reactive ketones (excluding diaryl/α,β-unsaturated/α-hetero) is 1. The van der Waals surface area contributed by atoms with Crippen LogP contribution < -0.4 is 4.74 Å². The number of halogens is 4. The minimum absolute atomic E-state index is 0.00462. The van der Waals surface area contributed by atoms with Crippen molar-refractivity contribution in [3.05, 3.63) is 101 Å². The molecule has 4 aromatic rings. The van der Waals surface area contributed by atoms with Crippen molar-refractivity contribution in [3.63, 3.8) is 0 Å². The molecular weight excluding hydrogens is 453 g/mol. The van der Waals surface area contributed by atoms with Crippen LogP contribution in [0.3, 0.4) is 0 Å². The summed E-state index contributed by atoms with van der Waals surface area (Å²) in [5.41, 5.74) is 1.99. The number of hydrogen-bond donors (Lipinski definition) is 0. The molecular formula is C25H18ClF3N2O2. The second-order valence-electron chi connectivity index (χ2n) is 7.33. The van der Waals surface area contributed by atoms with Gasteiger partial charge < -0.3 is 4.74 Å². The molecule has 0 aliphatic carbocycles. The fourth-order valence-corrected chi connectivity index (χ4v) is 3.51. The zero-order valence-corrected chi connectivity index (χ0v) is 18.2. The van der Waals surface area contributed by atoms with Gasteiger partial charge in [0.1, 0.15) is 12.4 Å². The van der Waals surface area contributed by atoms with Gasteiger partial charge >= 0.3 is 6.18 Å². The largest absolute Gasteiger partial charge is 0.487 e. The standard InChI is InChI=1S/C25H18ClF3N2O2/c1-16(32)17-6-8-18(9-7-17)19-10-12-21(13-11-19)33-15-20-14-24(25(27,28)29)30-31(20)23-5-3-2-4-22(23)26/h2-14H,15H2,1H3. The van der Waals surface area contributed by atoms with E-state index in [2.05, 4.69) is 5.10 Å². The lowest BCUT2D eigenvalue weighted by Crippen LogP contribution is -2.08. The SMILES string of the molecule is CC(=O)c1ccc(-c2ccc(OCc3cc(C(F)(F)F)nn3-c3ccccc3Cl)cc2)cc1. The molecule has 0 atom stereocenters. The van der Waals surface area contributed by atoms with E-state index in [0.717, 1.165) is 21.9 Å². The molecule has 1 aromatic heterocycles. The highest BCUT2D eigenvalue weighted by atomic mass is 35.5. The third-order valence-electron chi connectivity index (χ3n) is 5.02. The van der Waals surface area contributed by atoms with Crippen molar-refractivity contribution in [1.29, 1.82) is 0 Å². The minimum Gasteiger partial charge on any atom is -0.487 e. The number of para-hydroxylation sites is 1. The molecule has 0 saturated carbocycles. The summed E-state index contributed by atoms with van der Waals surface area (Å²) in [6.45, 7) is 1.37. The predicted octanol–water partition coefficient (Wildman–Crippen LogP) is 6.99. The van der Waals surface area contributed by atoms with Gasteiger partial charge in [0.2, 0.25) is 0 Å². The molecule has 0 aliphatic rings. The minimum atomic E-state index is -4.60. The van der Waals surface area contributed by atoms with Crippen molar-refractivity contribution in [1.82, 2.24) is 9.78 Å². The molecule has 0 spiro atoms. The Morgan fingerprint density at radius 2 is 1.58 bits per heavy atom. The third-order valence-corrected chi connectivity index (χ3v) is 5.34. The molecule has 8 heteroatoms. The molecule has 0 saturated heterocycles. The summed E-state index contributed by atoms with van der Waals surface area (Å²) in [4.78, 5) is 11.4. The number of rotatable bonds is 6. The summed E-state index contributed by atoms with van der Waals surface area (Å²) in [7, 11) is 0. The molecule has 0 radical (unpaired) electrons. The van der Waals surface area contributed by atoms with E-state index in [0.29, 0.717) is 17.0 Å². The monoisotopic (exact) mass is 470 g/mol. The molecule has 0 unspecified atom stereocenters. The first-order valence-electron chi connectivity index (χ1n) is 9.97. The lowest BCUT2D eigenvalue weighted by Gasteiger charge is -2.11. The number of aromatic nitrogens is 2. The Labute approximate surface area is 193 Å². The molecule has 1 heterocycles. The Kier molecular flexibility index (Phi) is 6.24. The average Bonchev–Trinajstić information content (AvgIpc) is 3.23. The zero-order chi connectivity index (χ0) is 23.6. The van der Waals surface area contributed by atoms with E-state index in [-0.39, 0.29) is 23.1 Å². The van der Waals surface area contributed by atoms with Crippen LogP contribution in [0.4, 0.5) is 13.2 Å². The van der Waals surface area contributed by atoms with Crippen LogP contribution in [0, 0.1) is 0 Å². The van der Waals surface area contributed by atoms with E-state index in [4.69, 9.17) is 16.3 Å². The number of benzene rings is 3. The summed E-state index contributed by atoms with van der Waals surface area (Å²) < 4.78 is 46.7. The summed E-state index contributed by atoms with van der Waals surface area (Å²) >= 11 is 6.17. The van der Waals surface area contributed by atoms with Crippen molar-refractivity contribution >= 4 is 17.4 Å². The lowest BCUT2D eigenvalue weighted by molar-refractivity contribution is -0.141. The van der Waals surface area contributed by atoms with E-state index in [1.807, 2.05) is 24.3 Å². The highest BCUT2D eigenvalue weighted by molar-refractivity contribution is 6.32. The summed E-state index contributed by atoms with van der Waals surface area (Å²) in [6.07, 6.45) is -4.60. The summed E-state index contributed by atoms with van der Waals surface area (Å²) in [5, 5.41) is 3.98. The molecule has 4 rings (SSSR count). The first kappa shape index (κ1) is 22.6. The molecule has 0 fully saturated rings. The van der Waals surface area contributed by atoms with Gasteiger partial charge in [-0.15, -0.1) is 0 Å². The Hall–Kier alpha value is -3.58. The summed E-state index contributed by atoms with van der Waals surface area (Å²) in [5.74, 6) is 0.481. The number of ketones is 1. The van der Waals surface area contributed by atoms with Gasteiger partial charge in [0, 0.05) is 5.56 Å². The molecule has 3 aromatic carbocycles. The van der Waals surface area contributed by atoms with Gasteiger partial charge in [0.15, 0.2) is 11.5 Å². The maximum Gasteiger partial charge on any atom is 0.435 e. The van der Waals surface area contributed by atoms with Crippen molar-refractivity contribution in [3.8, 4) is 22.6 Å². The third kappa shape index (κ3) is 5.09. The summed E-state index contributed by atoms with van der Waals surface area (Å²) in [6, 6.07) is 21.8. The van der Waals surface area contributed by atoms with Crippen LogP contribution in [-0.4, -0.2) is 15.6 Å². The van der Waals surface area contributed by atoms with E-state index in [1.165, 1.54) is 6.92 Å². The Morgan fingerprint density at radius 1 is 0.970 bits per heavy atom. The van der Waals surface area contributed by atoms with Crippen LogP contribution in [0.1, 0.15) is 28.7 Å². The van der Waals surface area contributed by atoms with E-state index in [9.17, 15) is 18.0 Å². The number of carbonyl (C=O) groups excluding carboxylic acids is 1. The number of ether oxygens (including phenoxy) is 1. The van der Waals surface area contributed by atoms with E-state index < -0.39 is 11.9 Å². The fraction of sp³-hybridized carbons (Fsp3) is 0.120. The van der Waals surface area contributed by atoms with E-state index >= 15 is 0 Å². The van der Waals surface area contributed by atoms with Crippen LogP contribution >= 0.6 is 11.6 Å². The van der Waals surface area contributed by atoms with Crippen LogP contribution in [0.5, 0.6) is 5.75 Å². The van der Waals surface area contributed by atoms with Gasteiger partial charge in [-0.2, -0.15) is 18.3 Å². The quantitative estimate of drug-likeness (QED) is 0.285. The lowest BCUT2D eigenvalue weighted by atomic mass is 10.0. The normalized spacial score (nSPS) is 11.4. The molecule has 0 aliphatic heterocycles. The van der Waals surface area contributed by atoms with Crippen molar-refractivity contribution in [2.24, 2.45) is 0 Å². The Balaban J connectivity index is 1.55. The van der Waals surface area contributed by atoms with Crippen LogP contribution in [0.15, 0.2) is 78.9 Å². The molecule has 0 bridgehead atoms. The second kappa shape index (κ2) is 9.11. The first-order valence-corrected chi connectivity index (χ1v) is 10.4. The molecule has 4 nitrogen and oxygen atoms in total. The number of nitrogens with zero attached hydrogens (tertiary/aromatic N) is 2. The highest BCUT2D eigenvalue weighted by Crippen LogP contribution is 2.31. The fourth-order valence-electron chi connectivity index (χ4n) is 3.29. The molecule has 0 amide bonds. The van der Waals surface area contributed by atoms with Crippen LogP contribution in [-0.2, 0) is 12.8 Å². The molecule has 168 valence electrons. The Morgan fingerprint density at radius 3 is 2.15 bits per heavy atom. The maximum absolute atomic E-state index is 13.3. The van der Waals surface area contributed by atoms with E-state index in [1.54, 1.807) is 48.5 Å². The van der Waals surface area contributed by atoms with Crippen LogP contribution in [0.25, 0.3) is 16.8 Å². The number of carbonyl (C=O) groups is 1. The average molecular weight is 471 g/mol. The van der Waals surface area contributed by atoms with Gasteiger partial charge in [-0.1, -0.05) is 60.1 Å².